The van der Waals surface area contributed by atoms with Crippen LogP contribution in [-0.2, 0) is 0 Å². The van der Waals surface area contributed by atoms with Crippen LogP contribution in [0.15, 0.2) is 30.3 Å². The number of rotatable bonds is 3. The highest BCUT2D eigenvalue weighted by molar-refractivity contribution is 5.39. The van der Waals surface area contributed by atoms with Gasteiger partial charge in [-0.15, -0.1) is 0 Å². The Morgan fingerprint density at radius 1 is 1.20 bits per heavy atom. The van der Waals surface area contributed by atoms with Crippen molar-refractivity contribution in [2.24, 2.45) is 5.73 Å². The third kappa shape index (κ3) is 2.56. The van der Waals surface area contributed by atoms with E-state index in [1.54, 1.807) is 26.0 Å². The summed E-state index contributed by atoms with van der Waals surface area (Å²) in [4.78, 5) is 0. The van der Waals surface area contributed by atoms with Crippen LogP contribution in [0.2, 0.25) is 0 Å². The van der Waals surface area contributed by atoms with Gasteiger partial charge in [0.05, 0.1) is 17.3 Å². The Balaban J connectivity index is 2.55. The van der Waals surface area contributed by atoms with Gasteiger partial charge in [0, 0.05) is 17.8 Å². The second kappa shape index (κ2) is 5.28. The van der Waals surface area contributed by atoms with E-state index in [-0.39, 0.29) is 5.56 Å². The highest BCUT2D eigenvalue weighted by atomic mass is 19.4. The first-order chi connectivity index (χ1) is 9.36. The summed E-state index contributed by atoms with van der Waals surface area (Å²) in [6.45, 7) is 2.73. The van der Waals surface area contributed by atoms with Crippen molar-refractivity contribution in [1.29, 1.82) is 0 Å². The van der Waals surface area contributed by atoms with E-state index in [4.69, 9.17) is 5.73 Å². The van der Waals surface area contributed by atoms with Crippen LogP contribution in [0.1, 0.15) is 22.9 Å². The van der Waals surface area contributed by atoms with Gasteiger partial charge >= 0.3 is 6.18 Å². The fourth-order valence-electron chi connectivity index (χ4n) is 2.39. The number of halogens is 3. The van der Waals surface area contributed by atoms with Crippen molar-refractivity contribution in [1.82, 2.24) is 9.78 Å². The number of hydrogen-bond donors (Lipinski definition) is 1. The quantitative estimate of drug-likeness (QED) is 0.940. The van der Waals surface area contributed by atoms with Crippen LogP contribution in [0.25, 0.3) is 5.69 Å². The van der Waals surface area contributed by atoms with Gasteiger partial charge in [-0.3, -0.25) is 0 Å². The third-order valence-electron chi connectivity index (χ3n) is 3.33. The molecule has 2 rings (SSSR count). The van der Waals surface area contributed by atoms with Gasteiger partial charge in [0.2, 0.25) is 0 Å². The number of aryl methyl sites for hydroxylation is 1. The maximum Gasteiger partial charge on any atom is 0.397 e. The second-order valence-corrected chi connectivity index (χ2v) is 4.66. The number of alkyl halides is 3. The zero-order chi connectivity index (χ0) is 14.9. The predicted octanol–water partition coefficient (Wildman–Crippen LogP) is 3.09. The predicted molar refractivity (Wildman–Crippen MR) is 70.9 cm³/mol. The number of benzene rings is 1. The van der Waals surface area contributed by atoms with E-state index >= 15 is 0 Å². The number of hydrogen-bond acceptors (Lipinski definition) is 2. The van der Waals surface area contributed by atoms with Crippen LogP contribution < -0.4 is 5.73 Å². The molecular formula is C14H16F3N3. The molecule has 1 heterocycles. The summed E-state index contributed by atoms with van der Waals surface area (Å²) >= 11 is 0. The molecule has 0 saturated carbocycles. The number of nitrogens with two attached hydrogens (primary N) is 1. The average Bonchev–Trinajstić information content (AvgIpc) is 2.67. The zero-order valence-corrected chi connectivity index (χ0v) is 11.3. The molecule has 20 heavy (non-hydrogen) atoms. The molecular weight excluding hydrogens is 267 g/mol. The summed E-state index contributed by atoms with van der Waals surface area (Å²) in [6, 6.07) is 9.07. The molecule has 3 nitrogen and oxygen atoms in total. The van der Waals surface area contributed by atoms with Crippen LogP contribution in [0.4, 0.5) is 13.2 Å². The maximum atomic E-state index is 13.1. The Morgan fingerprint density at radius 2 is 1.80 bits per heavy atom. The van der Waals surface area contributed by atoms with Gasteiger partial charge < -0.3 is 5.73 Å². The van der Waals surface area contributed by atoms with Gasteiger partial charge in [0.25, 0.3) is 0 Å². The fraction of sp³-hybridized carbons (Fsp3) is 0.357. The van der Waals surface area contributed by atoms with Crippen LogP contribution in [0, 0.1) is 13.8 Å². The molecule has 1 aromatic carbocycles. The number of para-hydroxylation sites is 1. The molecule has 1 aromatic heterocycles. The van der Waals surface area contributed by atoms with E-state index in [1.807, 2.05) is 18.2 Å². The lowest BCUT2D eigenvalue weighted by atomic mass is 9.96. The Labute approximate surface area is 115 Å². The van der Waals surface area contributed by atoms with Crippen molar-refractivity contribution < 1.29 is 13.2 Å². The highest BCUT2D eigenvalue weighted by Crippen LogP contribution is 2.37. The van der Waals surface area contributed by atoms with Gasteiger partial charge in [-0.2, -0.15) is 18.3 Å². The lowest BCUT2D eigenvalue weighted by molar-refractivity contribution is -0.148. The minimum Gasteiger partial charge on any atom is -0.330 e. The van der Waals surface area contributed by atoms with Crippen LogP contribution in [0.5, 0.6) is 0 Å². The fourth-order valence-corrected chi connectivity index (χ4v) is 2.39. The van der Waals surface area contributed by atoms with Crippen molar-refractivity contribution in [3.8, 4) is 5.69 Å². The van der Waals surface area contributed by atoms with Crippen molar-refractivity contribution >= 4 is 0 Å². The summed E-state index contributed by atoms with van der Waals surface area (Å²) in [6.07, 6.45) is -4.37. The first kappa shape index (κ1) is 14.6. The van der Waals surface area contributed by atoms with Crippen molar-refractivity contribution in [3.63, 3.8) is 0 Å². The van der Waals surface area contributed by atoms with Gasteiger partial charge in [-0.25, -0.2) is 4.68 Å². The van der Waals surface area contributed by atoms with Gasteiger partial charge in [-0.05, 0) is 26.0 Å². The minimum atomic E-state index is -4.37. The molecule has 0 amide bonds. The Morgan fingerprint density at radius 3 is 2.30 bits per heavy atom. The maximum absolute atomic E-state index is 13.1. The Kier molecular flexibility index (Phi) is 3.85. The molecule has 0 saturated heterocycles. The number of aromatic nitrogens is 2. The van der Waals surface area contributed by atoms with Crippen LogP contribution >= 0.6 is 0 Å². The van der Waals surface area contributed by atoms with Crippen LogP contribution in [0.3, 0.4) is 0 Å². The Bertz CT molecular complexity index is 588. The molecule has 6 heteroatoms. The topological polar surface area (TPSA) is 43.8 Å². The van der Waals surface area contributed by atoms with E-state index < -0.39 is 18.6 Å². The molecule has 0 bridgehead atoms. The largest absolute Gasteiger partial charge is 0.397 e. The summed E-state index contributed by atoms with van der Waals surface area (Å²) < 4.78 is 40.7. The zero-order valence-electron chi connectivity index (χ0n) is 11.3. The van der Waals surface area contributed by atoms with Crippen molar-refractivity contribution in [2.45, 2.75) is 25.9 Å². The van der Waals surface area contributed by atoms with E-state index in [0.717, 1.165) is 5.69 Å². The molecule has 0 aliphatic carbocycles. The summed E-state index contributed by atoms with van der Waals surface area (Å²) in [5, 5.41) is 4.22. The number of nitrogens with zero attached hydrogens (tertiary/aromatic N) is 2. The lowest BCUT2D eigenvalue weighted by Crippen LogP contribution is -2.29. The average molecular weight is 283 g/mol. The van der Waals surface area contributed by atoms with Crippen molar-refractivity contribution in [2.75, 3.05) is 6.54 Å². The molecule has 0 unspecified atom stereocenters. The SMILES string of the molecule is Cc1nn(-c2ccccc2)c(C)c1[C@H](CN)C(F)(F)F. The lowest BCUT2D eigenvalue weighted by Gasteiger charge is -2.19. The molecule has 1 atom stereocenters. The molecule has 0 aliphatic rings. The normalized spacial score (nSPS) is 13.5. The summed E-state index contributed by atoms with van der Waals surface area (Å²) in [5.41, 5.74) is 7.06. The minimum absolute atomic E-state index is 0.170. The van der Waals surface area contributed by atoms with E-state index in [9.17, 15) is 13.2 Å². The highest BCUT2D eigenvalue weighted by Gasteiger charge is 2.42. The summed E-state index contributed by atoms with van der Waals surface area (Å²) in [5.74, 6) is -1.68. The molecule has 0 spiro atoms. The van der Waals surface area contributed by atoms with Gasteiger partial charge in [0.15, 0.2) is 0 Å². The smallest absolute Gasteiger partial charge is 0.330 e. The Hall–Kier alpha value is -1.82. The standard InChI is InChI=1S/C14H16F3N3/c1-9-13(12(8-18)14(15,16)17)10(2)20(19-9)11-6-4-3-5-7-11/h3-7,12H,8,18H2,1-2H3/t12-/m0/s1. The van der Waals surface area contributed by atoms with E-state index in [0.29, 0.717) is 11.4 Å². The monoisotopic (exact) mass is 283 g/mol. The molecule has 0 fully saturated rings. The third-order valence-corrected chi connectivity index (χ3v) is 3.33. The molecule has 2 N–H and O–H groups in total. The van der Waals surface area contributed by atoms with Gasteiger partial charge in [-0.1, -0.05) is 18.2 Å². The second-order valence-electron chi connectivity index (χ2n) is 4.66. The molecule has 2 aromatic rings. The molecule has 0 aliphatic heterocycles. The first-order valence-electron chi connectivity index (χ1n) is 6.24. The van der Waals surface area contributed by atoms with Crippen LogP contribution in [-0.4, -0.2) is 22.5 Å². The van der Waals surface area contributed by atoms with E-state index in [1.165, 1.54) is 4.68 Å². The van der Waals surface area contributed by atoms with Crippen molar-refractivity contribution in [3.05, 3.63) is 47.3 Å². The molecule has 108 valence electrons. The molecule has 0 radical (unpaired) electrons. The first-order valence-corrected chi connectivity index (χ1v) is 6.24. The van der Waals surface area contributed by atoms with E-state index in [2.05, 4.69) is 5.10 Å². The van der Waals surface area contributed by atoms with Gasteiger partial charge in [0.1, 0.15) is 0 Å². The summed E-state index contributed by atoms with van der Waals surface area (Å²) in [7, 11) is 0.